The van der Waals surface area contributed by atoms with Crippen molar-refractivity contribution in [3.63, 3.8) is 0 Å². The number of benzene rings is 2. The van der Waals surface area contributed by atoms with Crippen LogP contribution >= 0.6 is 0 Å². The maximum atomic E-state index is 12.3. The first-order valence-corrected chi connectivity index (χ1v) is 10.7. The molecule has 168 valence electrons. The number of nitrogens with two attached hydrogens (primary N) is 1. The fourth-order valence-corrected chi connectivity index (χ4v) is 3.87. The van der Waals surface area contributed by atoms with E-state index in [9.17, 15) is 10.1 Å². The van der Waals surface area contributed by atoms with Crippen LogP contribution in [0.3, 0.4) is 0 Å². The molecule has 0 bridgehead atoms. The number of fused-ring (bicyclic) bond motifs is 1. The SMILES string of the molecule is N#Cc1ccc2nccc(Nc3ccnc(C(N)=O)c3-c3cccc(Nc4ccncc4)c3)c2c1. The highest BCUT2D eigenvalue weighted by atomic mass is 16.1. The number of carbonyl (C=O) groups is 1. The summed E-state index contributed by atoms with van der Waals surface area (Å²) in [6, 6.07) is 22.4. The van der Waals surface area contributed by atoms with Crippen LogP contribution in [0.2, 0.25) is 0 Å². The molecule has 0 aliphatic rings. The lowest BCUT2D eigenvalue weighted by atomic mass is 10.00. The summed E-state index contributed by atoms with van der Waals surface area (Å²) in [7, 11) is 0. The van der Waals surface area contributed by atoms with Crippen LogP contribution in [0.5, 0.6) is 0 Å². The summed E-state index contributed by atoms with van der Waals surface area (Å²) in [6.45, 7) is 0. The van der Waals surface area contributed by atoms with Gasteiger partial charge in [0.2, 0.25) is 0 Å². The summed E-state index contributed by atoms with van der Waals surface area (Å²) >= 11 is 0. The Balaban J connectivity index is 1.61. The van der Waals surface area contributed by atoms with Gasteiger partial charge in [0.25, 0.3) is 5.91 Å². The Bertz CT molecular complexity index is 1590. The van der Waals surface area contributed by atoms with Crippen LogP contribution in [0.15, 0.2) is 91.5 Å². The number of nitriles is 1. The molecule has 5 aromatic rings. The summed E-state index contributed by atoms with van der Waals surface area (Å²) in [5.41, 5.74) is 11.5. The summed E-state index contributed by atoms with van der Waals surface area (Å²) in [4.78, 5) is 25.0. The second-order valence-corrected chi connectivity index (χ2v) is 7.72. The number of pyridine rings is 3. The zero-order valence-corrected chi connectivity index (χ0v) is 18.4. The number of aromatic nitrogens is 3. The average molecular weight is 457 g/mol. The van der Waals surface area contributed by atoms with Gasteiger partial charge >= 0.3 is 0 Å². The number of hydrogen-bond donors (Lipinski definition) is 3. The van der Waals surface area contributed by atoms with E-state index in [0.29, 0.717) is 16.8 Å². The van der Waals surface area contributed by atoms with Gasteiger partial charge in [-0.3, -0.25) is 19.7 Å². The van der Waals surface area contributed by atoms with Crippen LogP contribution in [0.25, 0.3) is 22.0 Å². The molecule has 3 aromatic heterocycles. The molecule has 0 aliphatic carbocycles. The lowest BCUT2D eigenvalue weighted by molar-refractivity contribution is 0.0996. The van der Waals surface area contributed by atoms with Crippen molar-refractivity contribution in [2.75, 3.05) is 10.6 Å². The van der Waals surface area contributed by atoms with E-state index in [2.05, 4.69) is 31.7 Å². The van der Waals surface area contributed by atoms with Crippen LogP contribution < -0.4 is 16.4 Å². The van der Waals surface area contributed by atoms with Gasteiger partial charge in [0.15, 0.2) is 0 Å². The lowest BCUT2D eigenvalue weighted by Gasteiger charge is -2.17. The van der Waals surface area contributed by atoms with E-state index in [-0.39, 0.29) is 5.69 Å². The molecular formula is C27H19N7O. The molecule has 4 N–H and O–H groups in total. The molecule has 0 aliphatic heterocycles. The highest BCUT2D eigenvalue weighted by molar-refractivity contribution is 6.03. The van der Waals surface area contributed by atoms with E-state index in [0.717, 1.165) is 33.5 Å². The van der Waals surface area contributed by atoms with Crippen LogP contribution in [0.4, 0.5) is 22.7 Å². The summed E-state index contributed by atoms with van der Waals surface area (Å²) in [6.07, 6.45) is 6.63. The third-order valence-corrected chi connectivity index (χ3v) is 5.44. The first-order chi connectivity index (χ1) is 17.1. The standard InChI is InChI=1S/C27H19N7O/c28-16-17-4-5-22-21(14-17)23(8-12-31-22)34-24-9-13-32-26(27(29)35)25(24)18-2-1-3-20(15-18)33-19-6-10-30-11-7-19/h1-15H,(H2,29,35)(H,30,33)(H,31,32,34). The molecule has 3 heterocycles. The maximum absolute atomic E-state index is 12.3. The Morgan fingerprint density at radius 3 is 2.43 bits per heavy atom. The largest absolute Gasteiger partial charge is 0.364 e. The molecule has 0 saturated heterocycles. The third kappa shape index (κ3) is 4.47. The molecule has 8 heteroatoms. The maximum Gasteiger partial charge on any atom is 0.268 e. The van der Waals surface area contributed by atoms with E-state index >= 15 is 0 Å². The first kappa shape index (κ1) is 21.6. The second kappa shape index (κ2) is 9.29. The van der Waals surface area contributed by atoms with Crippen LogP contribution in [0.1, 0.15) is 16.1 Å². The molecule has 5 rings (SSSR count). The fourth-order valence-electron chi connectivity index (χ4n) is 3.87. The Morgan fingerprint density at radius 1 is 0.829 bits per heavy atom. The van der Waals surface area contributed by atoms with Crippen molar-refractivity contribution in [3.05, 3.63) is 103 Å². The first-order valence-electron chi connectivity index (χ1n) is 10.7. The van der Waals surface area contributed by atoms with Crippen molar-refractivity contribution >= 4 is 39.6 Å². The zero-order valence-electron chi connectivity index (χ0n) is 18.4. The van der Waals surface area contributed by atoms with E-state index < -0.39 is 5.91 Å². The van der Waals surface area contributed by atoms with Gasteiger partial charge in [-0.2, -0.15) is 5.26 Å². The molecule has 0 atom stereocenters. The smallest absolute Gasteiger partial charge is 0.268 e. The predicted octanol–water partition coefficient (Wildman–Crippen LogP) is 5.15. The van der Waals surface area contributed by atoms with E-state index in [1.165, 1.54) is 6.20 Å². The van der Waals surface area contributed by atoms with Gasteiger partial charge in [0, 0.05) is 52.8 Å². The van der Waals surface area contributed by atoms with Gasteiger partial charge in [-0.05, 0) is 60.2 Å². The van der Waals surface area contributed by atoms with Gasteiger partial charge in [-0.15, -0.1) is 0 Å². The fraction of sp³-hybridized carbons (Fsp3) is 0. The van der Waals surface area contributed by atoms with E-state index in [4.69, 9.17) is 5.73 Å². The molecule has 8 nitrogen and oxygen atoms in total. The minimum Gasteiger partial charge on any atom is -0.364 e. The van der Waals surface area contributed by atoms with Gasteiger partial charge < -0.3 is 16.4 Å². The minimum absolute atomic E-state index is 0.145. The molecule has 35 heavy (non-hydrogen) atoms. The molecule has 2 aromatic carbocycles. The molecular weight excluding hydrogens is 438 g/mol. The number of carbonyl (C=O) groups excluding carboxylic acids is 1. The Hall–Kier alpha value is -5.29. The van der Waals surface area contributed by atoms with Crippen LogP contribution in [-0.4, -0.2) is 20.9 Å². The summed E-state index contributed by atoms with van der Waals surface area (Å²) in [5.74, 6) is -0.637. The van der Waals surface area contributed by atoms with Crippen LogP contribution in [-0.2, 0) is 0 Å². The molecule has 1 amide bonds. The predicted molar refractivity (Wildman–Crippen MR) is 135 cm³/mol. The highest BCUT2D eigenvalue weighted by Gasteiger charge is 2.18. The quantitative estimate of drug-likeness (QED) is 0.321. The van der Waals surface area contributed by atoms with Gasteiger partial charge in [0.05, 0.1) is 22.8 Å². The molecule has 0 radical (unpaired) electrons. The summed E-state index contributed by atoms with van der Waals surface area (Å²) in [5, 5.41) is 16.9. The molecule has 0 unspecified atom stereocenters. The van der Waals surface area contributed by atoms with Crippen LogP contribution in [0, 0.1) is 11.3 Å². The molecule has 0 fully saturated rings. The number of primary amides is 1. The monoisotopic (exact) mass is 457 g/mol. The third-order valence-electron chi connectivity index (χ3n) is 5.44. The number of rotatable bonds is 6. The number of hydrogen-bond acceptors (Lipinski definition) is 7. The lowest BCUT2D eigenvalue weighted by Crippen LogP contribution is -2.15. The van der Waals surface area contributed by atoms with Crippen molar-refractivity contribution in [3.8, 4) is 17.2 Å². The second-order valence-electron chi connectivity index (χ2n) is 7.72. The number of nitrogens with one attached hydrogen (secondary N) is 2. The molecule has 0 spiro atoms. The number of amides is 1. The van der Waals surface area contributed by atoms with Crippen molar-refractivity contribution in [1.82, 2.24) is 15.0 Å². The highest BCUT2D eigenvalue weighted by Crippen LogP contribution is 2.36. The van der Waals surface area contributed by atoms with Crippen molar-refractivity contribution < 1.29 is 4.79 Å². The van der Waals surface area contributed by atoms with Crippen molar-refractivity contribution in [1.29, 1.82) is 5.26 Å². The zero-order chi connectivity index (χ0) is 24.2. The van der Waals surface area contributed by atoms with E-state index in [1.807, 2.05) is 42.5 Å². The van der Waals surface area contributed by atoms with Crippen molar-refractivity contribution in [2.45, 2.75) is 0 Å². The Morgan fingerprint density at radius 2 is 1.63 bits per heavy atom. The van der Waals surface area contributed by atoms with Gasteiger partial charge in [0.1, 0.15) is 5.69 Å². The number of nitrogens with zero attached hydrogens (tertiary/aromatic N) is 4. The average Bonchev–Trinajstić information content (AvgIpc) is 2.89. The van der Waals surface area contributed by atoms with Gasteiger partial charge in [-0.1, -0.05) is 12.1 Å². The molecule has 0 saturated carbocycles. The topological polar surface area (TPSA) is 130 Å². The Labute approximate surface area is 201 Å². The van der Waals surface area contributed by atoms with Crippen molar-refractivity contribution in [2.24, 2.45) is 5.73 Å². The number of anilines is 4. The normalized spacial score (nSPS) is 10.5. The summed E-state index contributed by atoms with van der Waals surface area (Å²) < 4.78 is 0. The minimum atomic E-state index is -0.637. The Kier molecular flexibility index (Phi) is 5.72. The van der Waals surface area contributed by atoms with E-state index in [1.54, 1.807) is 42.9 Å². The van der Waals surface area contributed by atoms with Gasteiger partial charge in [-0.25, -0.2) is 0 Å².